The number of hydrogen-bond acceptors (Lipinski definition) is 6. The first-order valence-corrected chi connectivity index (χ1v) is 9.04. The van der Waals surface area contributed by atoms with E-state index in [4.69, 9.17) is 22.7 Å². The molecule has 138 valence electrons. The molecule has 0 bridgehead atoms. The van der Waals surface area contributed by atoms with Crippen LogP contribution in [0.1, 0.15) is 25.7 Å². The topological polar surface area (TPSA) is 97.0 Å². The molecule has 3 atom stereocenters. The number of carbonyl (C=O) groups is 2. The zero-order chi connectivity index (χ0) is 18.7. The fraction of sp³-hybridized carbons (Fsp3) is 0.444. The van der Waals surface area contributed by atoms with Gasteiger partial charge in [0.15, 0.2) is 11.0 Å². The van der Waals surface area contributed by atoms with Gasteiger partial charge < -0.3 is 15.8 Å². The third kappa shape index (κ3) is 3.76. The van der Waals surface area contributed by atoms with Crippen LogP contribution in [0.15, 0.2) is 29.3 Å². The monoisotopic (exact) mass is 374 g/mol. The molecule has 1 saturated heterocycles. The number of hydrogen-bond donors (Lipinski definition) is 2. The van der Waals surface area contributed by atoms with Gasteiger partial charge in [-0.2, -0.15) is 0 Å². The smallest absolute Gasteiger partial charge is 0.251 e. The zero-order valence-corrected chi connectivity index (χ0v) is 15.4. The first kappa shape index (κ1) is 18.5. The summed E-state index contributed by atoms with van der Waals surface area (Å²) in [5, 5.41) is 2.64. The van der Waals surface area contributed by atoms with Crippen molar-refractivity contribution in [1.29, 1.82) is 0 Å². The van der Waals surface area contributed by atoms with Gasteiger partial charge in [0.2, 0.25) is 5.91 Å². The number of thiocarbonyl (C=S) groups is 1. The third-order valence-electron chi connectivity index (χ3n) is 4.74. The number of amides is 2. The van der Waals surface area contributed by atoms with Crippen molar-refractivity contribution in [1.82, 2.24) is 5.32 Å². The summed E-state index contributed by atoms with van der Waals surface area (Å²) in [4.78, 5) is 30.9. The fourth-order valence-electron chi connectivity index (χ4n) is 3.22. The Morgan fingerprint density at radius 3 is 2.62 bits per heavy atom. The Kier molecular flexibility index (Phi) is 5.63. The van der Waals surface area contributed by atoms with Gasteiger partial charge in [-0.1, -0.05) is 12.8 Å². The normalized spacial score (nSPS) is 26.9. The molecule has 3 N–H and O–H groups in total. The molecule has 0 spiro atoms. The van der Waals surface area contributed by atoms with Gasteiger partial charge in [0.25, 0.3) is 5.91 Å². The summed E-state index contributed by atoms with van der Waals surface area (Å²) in [6, 6.07) is 6.81. The van der Waals surface area contributed by atoms with Gasteiger partial charge in [-0.15, -0.1) is 0 Å². The predicted molar refractivity (Wildman–Crippen MR) is 103 cm³/mol. The van der Waals surface area contributed by atoms with E-state index in [9.17, 15) is 9.59 Å². The second-order valence-electron chi connectivity index (χ2n) is 6.46. The zero-order valence-electron chi connectivity index (χ0n) is 14.6. The molecule has 1 heterocycles. The van der Waals surface area contributed by atoms with Crippen LogP contribution in [0, 0.1) is 5.92 Å². The second-order valence-corrected chi connectivity index (χ2v) is 6.84. The Labute approximate surface area is 157 Å². The Balaban J connectivity index is 1.80. The molecule has 1 saturated carbocycles. The lowest BCUT2D eigenvalue weighted by atomic mass is 9.91. The molecule has 26 heavy (non-hydrogen) atoms. The minimum absolute atomic E-state index is 0.0273. The summed E-state index contributed by atoms with van der Waals surface area (Å²) < 4.78 is 5.13. The highest BCUT2D eigenvalue weighted by molar-refractivity contribution is 7.80. The Bertz CT molecular complexity index is 734. The molecule has 3 rings (SSSR count). The molecule has 1 aliphatic carbocycles. The van der Waals surface area contributed by atoms with Gasteiger partial charge in [0, 0.05) is 12.3 Å². The number of rotatable bonds is 4. The summed E-state index contributed by atoms with van der Waals surface area (Å²) in [6.07, 6.45) is 5.36. The number of anilines is 1. The van der Waals surface area contributed by atoms with Crippen molar-refractivity contribution in [3.63, 3.8) is 0 Å². The summed E-state index contributed by atoms with van der Waals surface area (Å²) in [6.45, 7) is 0. The van der Waals surface area contributed by atoms with Crippen molar-refractivity contribution >= 4 is 41.0 Å². The van der Waals surface area contributed by atoms with Crippen LogP contribution in [0.4, 0.5) is 5.69 Å². The van der Waals surface area contributed by atoms with Crippen molar-refractivity contribution in [3.05, 3.63) is 24.3 Å². The summed E-state index contributed by atoms with van der Waals surface area (Å²) in [5.41, 5.74) is 6.65. The molecular weight excluding hydrogens is 352 g/mol. The Hall–Kier alpha value is -2.32. The van der Waals surface area contributed by atoms with Crippen molar-refractivity contribution in [2.24, 2.45) is 16.6 Å². The lowest BCUT2D eigenvalue weighted by Crippen LogP contribution is -2.58. The molecule has 7 nitrogen and oxygen atoms in total. The van der Waals surface area contributed by atoms with Crippen LogP contribution >= 0.6 is 12.2 Å². The van der Waals surface area contributed by atoms with E-state index < -0.39 is 17.7 Å². The molecule has 8 heteroatoms. The van der Waals surface area contributed by atoms with E-state index in [2.05, 4.69) is 10.3 Å². The Morgan fingerprint density at radius 1 is 1.27 bits per heavy atom. The van der Waals surface area contributed by atoms with Crippen molar-refractivity contribution < 1.29 is 14.3 Å². The summed E-state index contributed by atoms with van der Waals surface area (Å²) in [5.74, 6) is -1.23. The van der Waals surface area contributed by atoms with Gasteiger partial charge in [-0.25, -0.2) is 0 Å². The number of ether oxygens (including phenoxy) is 1. The average molecular weight is 374 g/mol. The van der Waals surface area contributed by atoms with Crippen LogP contribution in [0.3, 0.4) is 0 Å². The van der Waals surface area contributed by atoms with Crippen LogP contribution in [0.25, 0.3) is 0 Å². The molecule has 1 aromatic rings. The van der Waals surface area contributed by atoms with E-state index in [1.165, 1.54) is 11.1 Å². The number of aliphatic imine (C=N–C) groups is 1. The number of nitrogens with one attached hydrogen (secondary N) is 1. The highest BCUT2D eigenvalue weighted by Gasteiger charge is 2.38. The predicted octanol–water partition coefficient (Wildman–Crippen LogP) is 1.40. The fourth-order valence-corrected chi connectivity index (χ4v) is 3.52. The number of carbonyl (C=O) groups excluding carboxylic acids is 2. The minimum Gasteiger partial charge on any atom is -0.497 e. The lowest BCUT2D eigenvalue weighted by Gasteiger charge is -2.31. The van der Waals surface area contributed by atoms with E-state index in [-0.39, 0.29) is 17.2 Å². The van der Waals surface area contributed by atoms with E-state index in [1.54, 1.807) is 31.4 Å². The first-order chi connectivity index (χ1) is 12.5. The van der Waals surface area contributed by atoms with E-state index in [1.807, 2.05) is 0 Å². The maximum absolute atomic E-state index is 12.9. The van der Waals surface area contributed by atoms with Crippen molar-refractivity contribution in [2.75, 3.05) is 12.0 Å². The van der Waals surface area contributed by atoms with Gasteiger partial charge in [-0.05, 0) is 49.3 Å². The molecular formula is C18H22N4O3S. The first-order valence-electron chi connectivity index (χ1n) is 8.63. The SMILES string of the molecule is COc1ccc(N2C(=O)[C@@H](C=N[C@@H]3CCCC[C@H]3N)C(=O)NC2=S)cc1. The third-order valence-corrected chi connectivity index (χ3v) is 5.03. The molecule has 0 aromatic heterocycles. The Morgan fingerprint density at radius 2 is 1.96 bits per heavy atom. The van der Waals surface area contributed by atoms with Crippen LogP contribution in [0.2, 0.25) is 0 Å². The number of methoxy groups -OCH3 is 1. The average Bonchev–Trinajstić information content (AvgIpc) is 2.63. The van der Waals surface area contributed by atoms with Crippen LogP contribution in [-0.2, 0) is 9.59 Å². The standard InChI is InChI=1S/C18H22N4O3S/c1-25-12-8-6-11(7-9-12)22-17(24)13(16(23)21-18(22)26)10-20-15-5-3-2-4-14(15)19/h6-10,13-15H,2-5,19H2,1H3,(H,21,23,26)/t13-,14+,15+/m0/s1. The van der Waals surface area contributed by atoms with Crippen LogP contribution in [-0.4, -0.2) is 42.3 Å². The minimum atomic E-state index is -1.02. The van der Waals surface area contributed by atoms with Gasteiger partial charge in [-0.3, -0.25) is 19.5 Å². The van der Waals surface area contributed by atoms with Gasteiger partial charge >= 0.3 is 0 Å². The molecule has 0 radical (unpaired) electrons. The molecule has 0 unspecified atom stereocenters. The van der Waals surface area contributed by atoms with Gasteiger partial charge in [0.1, 0.15) is 5.75 Å². The van der Waals surface area contributed by atoms with E-state index in [0.717, 1.165) is 25.7 Å². The molecule has 1 aliphatic heterocycles. The maximum atomic E-state index is 12.9. The second kappa shape index (κ2) is 7.92. The largest absolute Gasteiger partial charge is 0.497 e. The highest BCUT2D eigenvalue weighted by atomic mass is 32.1. The molecule has 2 fully saturated rings. The van der Waals surface area contributed by atoms with Crippen LogP contribution < -0.4 is 20.7 Å². The number of nitrogens with two attached hydrogens (primary N) is 1. The quantitative estimate of drug-likeness (QED) is 0.472. The van der Waals surface area contributed by atoms with E-state index >= 15 is 0 Å². The molecule has 2 aliphatic rings. The highest BCUT2D eigenvalue weighted by Crippen LogP contribution is 2.24. The van der Waals surface area contributed by atoms with Crippen molar-refractivity contribution in [3.8, 4) is 5.75 Å². The number of nitrogens with zero attached hydrogens (tertiary/aromatic N) is 2. The van der Waals surface area contributed by atoms with E-state index in [0.29, 0.717) is 11.4 Å². The molecule has 1 aromatic carbocycles. The van der Waals surface area contributed by atoms with Crippen LogP contribution in [0.5, 0.6) is 5.75 Å². The molecule has 2 amide bonds. The van der Waals surface area contributed by atoms with Crippen molar-refractivity contribution in [2.45, 2.75) is 37.8 Å². The van der Waals surface area contributed by atoms with Gasteiger partial charge in [0.05, 0.1) is 18.8 Å². The maximum Gasteiger partial charge on any atom is 0.251 e. The lowest BCUT2D eigenvalue weighted by molar-refractivity contribution is -0.130. The summed E-state index contributed by atoms with van der Waals surface area (Å²) >= 11 is 5.18. The number of benzene rings is 1. The summed E-state index contributed by atoms with van der Waals surface area (Å²) in [7, 11) is 1.56.